The van der Waals surface area contributed by atoms with Crippen LogP contribution in [0.25, 0.3) is 0 Å². The van der Waals surface area contributed by atoms with Gasteiger partial charge in [0.15, 0.2) is 5.79 Å². The molecule has 0 saturated carbocycles. The van der Waals surface area contributed by atoms with Crippen LogP contribution >= 0.6 is 0 Å². The van der Waals surface area contributed by atoms with Gasteiger partial charge in [0.25, 0.3) is 0 Å². The SMILES string of the molecule is CC(O)(CCCC=CC(=O)O)C[C@@H]1COC(C)(C)O1. The van der Waals surface area contributed by atoms with Crippen LogP contribution in [-0.2, 0) is 14.3 Å². The summed E-state index contributed by atoms with van der Waals surface area (Å²) in [5.74, 6) is -1.50. The number of carboxylic acid groups (broad SMARTS) is 1. The maximum absolute atomic E-state index is 10.3. The first-order valence-corrected chi connectivity index (χ1v) is 6.64. The summed E-state index contributed by atoms with van der Waals surface area (Å²) in [7, 11) is 0. The van der Waals surface area contributed by atoms with Gasteiger partial charge in [-0.1, -0.05) is 6.08 Å². The van der Waals surface area contributed by atoms with Crippen molar-refractivity contribution in [2.24, 2.45) is 0 Å². The standard InChI is InChI=1S/C14H24O5/c1-13(2)18-10-11(19-13)9-14(3,17)8-6-4-5-7-12(15)16/h5,7,11,17H,4,6,8-10H2,1-3H3,(H,15,16)/t11-,14?/m1/s1. The van der Waals surface area contributed by atoms with Gasteiger partial charge in [0.1, 0.15) is 0 Å². The highest BCUT2D eigenvalue weighted by molar-refractivity contribution is 5.79. The van der Waals surface area contributed by atoms with Crippen molar-refractivity contribution < 1.29 is 24.5 Å². The number of aliphatic carboxylic acids is 1. The van der Waals surface area contributed by atoms with Gasteiger partial charge in [0, 0.05) is 12.5 Å². The Bertz CT molecular complexity index is 333. The first-order chi connectivity index (χ1) is 8.70. The van der Waals surface area contributed by atoms with Gasteiger partial charge < -0.3 is 19.7 Å². The number of carboxylic acids is 1. The molecule has 0 aromatic heterocycles. The van der Waals surface area contributed by atoms with Crippen LogP contribution in [0.3, 0.4) is 0 Å². The number of unbranched alkanes of at least 4 members (excludes halogenated alkanes) is 1. The van der Waals surface area contributed by atoms with Crippen LogP contribution in [0.15, 0.2) is 12.2 Å². The topological polar surface area (TPSA) is 76.0 Å². The Morgan fingerprint density at radius 1 is 1.53 bits per heavy atom. The Labute approximate surface area is 114 Å². The van der Waals surface area contributed by atoms with E-state index in [1.807, 2.05) is 13.8 Å². The second-order valence-electron chi connectivity index (χ2n) is 5.78. The van der Waals surface area contributed by atoms with Crippen LogP contribution in [0, 0.1) is 0 Å². The summed E-state index contributed by atoms with van der Waals surface area (Å²) < 4.78 is 11.1. The van der Waals surface area contributed by atoms with Crippen molar-refractivity contribution >= 4 is 5.97 Å². The molecule has 1 saturated heterocycles. The first kappa shape index (κ1) is 16.1. The molecule has 1 heterocycles. The molecule has 0 radical (unpaired) electrons. The predicted molar refractivity (Wildman–Crippen MR) is 70.8 cm³/mol. The minimum Gasteiger partial charge on any atom is -0.478 e. The van der Waals surface area contributed by atoms with Crippen LogP contribution in [0.2, 0.25) is 0 Å². The van der Waals surface area contributed by atoms with Gasteiger partial charge in [-0.2, -0.15) is 0 Å². The summed E-state index contributed by atoms with van der Waals surface area (Å²) in [6, 6.07) is 0. The van der Waals surface area contributed by atoms with Gasteiger partial charge in [-0.15, -0.1) is 0 Å². The van der Waals surface area contributed by atoms with Gasteiger partial charge in [-0.3, -0.25) is 0 Å². The van der Waals surface area contributed by atoms with E-state index in [1.165, 1.54) is 0 Å². The molecule has 1 aliphatic heterocycles. The summed E-state index contributed by atoms with van der Waals surface area (Å²) in [6.45, 7) is 6.00. The molecule has 1 aliphatic rings. The highest BCUT2D eigenvalue weighted by Crippen LogP contribution is 2.29. The third-order valence-corrected chi connectivity index (χ3v) is 3.08. The Kier molecular flexibility index (Phi) is 5.52. The fourth-order valence-electron chi connectivity index (χ4n) is 2.24. The van der Waals surface area contributed by atoms with E-state index in [1.54, 1.807) is 13.0 Å². The maximum atomic E-state index is 10.3. The largest absolute Gasteiger partial charge is 0.478 e. The van der Waals surface area contributed by atoms with Crippen molar-refractivity contribution in [1.82, 2.24) is 0 Å². The van der Waals surface area contributed by atoms with Crippen molar-refractivity contribution in [3.8, 4) is 0 Å². The van der Waals surface area contributed by atoms with Crippen molar-refractivity contribution in [1.29, 1.82) is 0 Å². The van der Waals surface area contributed by atoms with Gasteiger partial charge in [-0.05, 0) is 40.0 Å². The van der Waals surface area contributed by atoms with Crippen LogP contribution < -0.4 is 0 Å². The zero-order chi connectivity index (χ0) is 14.5. The third kappa shape index (κ3) is 6.71. The van der Waals surface area contributed by atoms with E-state index in [9.17, 15) is 9.90 Å². The van der Waals surface area contributed by atoms with E-state index >= 15 is 0 Å². The Morgan fingerprint density at radius 3 is 2.74 bits per heavy atom. The minimum absolute atomic E-state index is 0.0837. The van der Waals surface area contributed by atoms with Gasteiger partial charge >= 0.3 is 5.97 Å². The van der Waals surface area contributed by atoms with Crippen LogP contribution in [0.4, 0.5) is 0 Å². The van der Waals surface area contributed by atoms with Crippen molar-refractivity contribution in [3.05, 3.63) is 12.2 Å². The molecule has 5 heteroatoms. The summed E-state index contributed by atoms with van der Waals surface area (Å²) in [6.07, 6.45) is 5.18. The predicted octanol–water partition coefficient (Wildman–Crippen LogP) is 2.09. The van der Waals surface area contributed by atoms with Crippen molar-refractivity contribution in [2.75, 3.05) is 6.61 Å². The second kappa shape index (κ2) is 6.50. The smallest absolute Gasteiger partial charge is 0.327 e. The molecular weight excluding hydrogens is 248 g/mol. The van der Waals surface area contributed by atoms with Gasteiger partial charge in [0.05, 0.1) is 18.3 Å². The van der Waals surface area contributed by atoms with E-state index in [0.717, 1.165) is 12.5 Å². The summed E-state index contributed by atoms with van der Waals surface area (Å²) in [5, 5.41) is 18.7. The number of ether oxygens (including phenoxy) is 2. The molecule has 2 atom stereocenters. The molecule has 0 aliphatic carbocycles. The lowest BCUT2D eigenvalue weighted by atomic mass is 9.92. The van der Waals surface area contributed by atoms with Crippen molar-refractivity contribution in [2.45, 2.75) is 63.9 Å². The normalized spacial score (nSPS) is 25.6. The average Bonchev–Trinajstić information content (AvgIpc) is 2.55. The molecule has 0 spiro atoms. The Balaban J connectivity index is 2.26. The lowest BCUT2D eigenvalue weighted by Gasteiger charge is -2.26. The van der Waals surface area contributed by atoms with E-state index in [0.29, 0.717) is 25.9 Å². The Morgan fingerprint density at radius 2 is 2.21 bits per heavy atom. The maximum Gasteiger partial charge on any atom is 0.327 e. The Hall–Kier alpha value is -0.910. The van der Waals surface area contributed by atoms with Crippen LogP contribution in [-0.4, -0.2) is 40.3 Å². The molecule has 110 valence electrons. The molecule has 5 nitrogen and oxygen atoms in total. The molecule has 1 fully saturated rings. The number of allylic oxidation sites excluding steroid dienone is 1. The number of carbonyl (C=O) groups is 1. The molecule has 19 heavy (non-hydrogen) atoms. The first-order valence-electron chi connectivity index (χ1n) is 6.64. The second-order valence-corrected chi connectivity index (χ2v) is 5.78. The highest BCUT2D eigenvalue weighted by atomic mass is 16.7. The summed E-state index contributed by atoms with van der Waals surface area (Å²) >= 11 is 0. The quantitative estimate of drug-likeness (QED) is 0.548. The van der Waals surface area contributed by atoms with E-state index in [2.05, 4.69) is 0 Å². The molecule has 0 amide bonds. The molecule has 1 rings (SSSR count). The van der Waals surface area contributed by atoms with E-state index in [4.69, 9.17) is 14.6 Å². The summed E-state index contributed by atoms with van der Waals surface area (Å²) in [5.41, 5.74) is -0.814. The average molecular weight is 272 g/mol. The fraction of sp³-hybridized carbons (Fsp3) is 0.786. The van der Waals surface area contributed by atoms with Crippen LogP contribution in [0.5, 0.6) is 0 Å². The molecular formula is C14H24O5. The van der Waals surface area contributed by atoms with Crippen molar-refractivity contribution in [3.63, 3.8) is 0 Å². The lowest BCUT2D eigenvalue weighted by molar-refractivity contribution is -0.145. The molecule has 0 aromatic carbocycles. The number of hydrogen-bond donors (Lipinski definition) is 2. The molecule has 0 aromatic rings. The molecule has 0 bridgehead atoms. The highest BCUT2D eigenvalue weighted by Gasteiger charge is 2.36. The van der Waals surface area contributed by atoms with E-state index < -0.39 is 17.4 Å². The molecule has 1 unspecified atom stereocenters. The third-order valence-electron chi connectivity index (χ3n) is 3.08. The molecule has 2 N–H and O–H groups in total. The summed E-state index contributed by atoms with van der Waals surface area (Å²) in [4.78, 5) is 10.3. The fourth-order valence-corrected chi connectivity index (χ4v) is 2.24. The monoisotopic (exact) mass is 272 g/mol. The zero-order valence-electron chi connectivity index (χ0n) is 11.9. The number of hydrogen-bond acceptors (Lipinski definition) is 4. The number of aliphatic hydroxyl groups is 1. The van der Waals surface area contributed by atoms with Gasteiger partial charge in [0.2, 0.25) is 0 Å². The van der Waals surface area contributed by atoms with Crippen LogP contribution in [0.1, 0.15) is 46.5 Å². The van der Waals surface area contributed by atoms with E-state index in [-0.39, 0.29) is 6.10 Å². The zero-order valence-corrected chi connectivity index (χ0v) is 11.9. The lowest BCUT2D eigenvalue weighted by Crippen LogP contribution is -2.32. The minimum atomic E-state index is -0.939. The van der Waals surface area contributed by atoms with Gasteiger partial charge in [-0.25, -0.2) is 4.79 Å². The number of rotatable bonds is 7.